The van der Waals surface area contributed by atoms with Crippen molar-refractivity contribution in [2.75, 3.05) is 0 Å². The highest BCUT2D eigenvalue weighted by atomic mass is 32.1. The molecule has 0 radical (unpaired) electrons. The van der Waals surface area contributed by atoms with Crippen molar-refractivity contribution in [3.63, 3.8) is 0 Å². The average Bonchev–Trinajstić information content (AvgIpc) is 1.58. The van der Waals surface area contributed by atoms with E-state index in [9.17, 15) is 0 Å². The molecule has 142 heavy (non-hydrogen) atoms. The van der Waals surface area contributed by atoms with E-state index in [4.69, 9.17) is 59.8 Å². The monoisotopic (exact) mass is 1870 g/mol. The molecule has 16 heteroatoms. The summed E-state index contributed by atoms with van der Waals surface area (Å²) in [4.78, 5) is 61.1. The molecule has 0 atom stereocenters. The maximum Gasteiger partial charge on any atom is 0.160 e. The van der Waals surface area contributed by atoms with Crippen LogP contribution in [0.5, 0.6) is 0 Å². The van der Waals surface area contributed by atoms with Gasteiger partial charge in [-0.1, -0.05) is 406 Å². The molecule has 0 spiro atoms. The molecule has 0 bridgehead atoms. The number of rotatable bonds is 14. The molecule has 10 aromatic heterocycles. The van der Waals surface area contributed by atoms with Gasteiger partial charge in [0.1, 0.15) is 0 Å². The Labute approximate surface area is 827 Å². The van der Waals surface area contributed by atoms with Crippen molar-refractivity contribution in [2.24, 2.45) is 0 Å². The van der Waals surface area contributed by atoms with Crippen LogP contribution in [0.3, 0.4) is 0 Å². The molecule has 664 valence electrons. The summed E-state index contributed by atoms with van der Waals surface area (Å²) in [6, 6.07) is 161. The maximum atomic E-state index is 5.28. The van der Waals surface area contributed by atoms with Gasteiger partial charge in [-0.25, -0.2) is 59.8 Å². The second-order valence-electron chi connectivity index (χ2n) is 34.8. The Balaban J connectivity index is 0.000000110. The molecule has 18 aromatic carbocycles. The molecule has 0 N–H and O–H groups in total. The van der Waals surface area contributed by atoms with Gasteiger partial charge in [0.2, 0.25) is 0 Å². The van der Waals surface area contributed by atoms with Crippen molar-refractivity contribution in [3.8, 4) is 153 Å². The lowest BCUT2D eigenvalue weighted by Gasteiger charge is -2.12. The summed E-state index contributed by atoms with van der Waals surface area (Å²) >= 11 is 5.24. The van der Waals surface area contributed by atoms with Crippen LogP contribution in [-0.2, 0) is 0 Å². The number of fused-ring (bicyclic) bond motifs is 15. The van der Waals surface area contributed by atoms with Crippen LogP contribution in [0.25, 0.3) is 268 Å². The third-order valence-corrected chi connectivity index (χ3v) is 29.6. The first-order valence-corrected chi connectivity index (χ1v) is 49.5. The van der Waals surface area contributed by atoms with Crippen LogP contribution in [-0.4, -0.2) is 64.4 Å². The van der Waals surface area contributed by atoms with E-state index in [0.29, 0.717) is 34.9 Å². The van der Waals surface area contributed by atoms with Gasteiger partial charge in [0.25, 0.3) is 0 Å². The van der Waals surface area contributed by atoms with E-state index in [1.807, 2.05) is 91.0 Å². The molecule has 0 saturated heterocycles. The summed E-state index contributed by atoms with van der Waals surface area (Å²) in [6.45, 7) is 0. The van der Waals surface area contributed by atoms with Crippen molar-refractivity contribution >= 4 is 149 Å². The number of thiophene rings is 3. The van der Waals surface area contributed by atoms with Gasteiger partial charge in [0, 0.05) is 130 Å². The Morgan fingerprint density at radius 3 is 0.746 bits per heavy atom. The smallest absolute Gasteiger partial charge is 0.160 e. The number of para-hydroxylation sites is 5. The second-order valence-corrected chi connectivity index (χ2v) is 38.0. The molecule has 0 aliphatic rings. The fourth-order valence-electron chi connectivity index (χ4n) is 19.1. The molecule has 0 amide bonds. The average molecular weight is 1870 g/mol. The summed E-state index contributed by atoms with van der Waals surface area (Å²) in [5, 5.41) is 8.94. The minimum Gasteiger partial charge on any atom is -0.309 e. The highest BCUT2D eigenvalue weighted by Crippen LogP contribution is 2.46. The van der Waals surface area contributed by atoms with Crippen molar-refractivity contribution < 1.29 is 0 Å². The Bertz CT molecular complexity index is 9690. The van der Waals surface area contributed by atoms with Crippen molar-refractivity contribution in [2.45, 2.75) is 0 Å². The summed E-state index contributed by atoms with van der Waals surface area (Å²) in [7, 11) is 0. The normalized spacial score (nSPS) is 11.5. The lowest BCUT2D eigenvalue weighted by atomic mass is 10.0. The molecule has 0 fully saturated rings. The van der Waals surface area contributed by atoms with Crippen molar-refractivity contribution in [1.29, 1.82) is 0 Å². The maximum absolute atomic E-state index is 5.28. The van der Waals surface area contributed by atoms with E-state index < -0.39 is 0 Å². The Hall–Kier alpha value is -18.3. The lowest BCUT2D eigenvalue weighted by molar-refractivity contribution is 1.18. The SMILES string of the molecule is c1ccc(-c2ccc(-c3nc(-c4ccc(-c5nc(-c6ccccc6)c6sc7ccccc7c6n5)cc4)c4ccccc4n3)cc2)cc1.c1ccc(-c2nc(-c3ccc(-c4nc(-c5ccc6c7ccccc7n(-c7ccccc7)c6c5)c5ccccc5n4)cc3)nc3c2sc2ccccc23)cc1.c1ccc(-c2nc(-c3ccc(-c4nc(-c5ccccc5)c5sc6ccccc6c5n4)cc3)c3ccccc3n2)cc1. The first-order chi connectivity index (χ1) is 70.4. The molecular weight excluding hydrogens is 1790 g/mol. The summed E-state index contributed by atoms with van der Waals surface area (Å²) < 4.78 is 9.29. The summed E-state index contributed by atoms with van der Waals surface area (Å²) in [5.74, 6) is 4.20. The van der Waals surface area contributed by atoms with E-state index in [1.165, 1.54) is 36.0 Å². The Morgan fingerprint density at radius 2 is 0.380 bits per heavy atom. The minimum atomic E-state index is 0.670. The van der Waals surface area contributed by atoms with Gasteiger partial charge in [-0.15, -0.1) is 34.0 Å². The van der Waals surface area contributed by atoms with Gasteiger partial charge in [-0.3, -0.25) is 0 Å². The van der Waals surface area contributed by atoms with E-state index in [1.54, 1.807) is 34.0 Å². The third-order valence-electron chi connectivity index (χ3n) is 26.1. The molecule has 0 aliphatic carbocycles. The van der Waals surface area contributed by atoms with Gasteiger partial charge in [0.05, 0.1) is 92.4 Å². The molecule has 13 nitrogen and oxygen atoms in total. The molecule has 28 aromatic rings. The minimum absolute atomic E-state index is 0.670. The number of aromatic nitrogens is 13. The van der Waals surface area contributed by atoms with Gasteiger partial charge in [-0.05, 0) is 71.8 Å². The summed E-state index contributed by atoms with van der Waals surface area (Å²) in [5.41, 5.74) is 29.1. The fraction of sp³-hybridized carbons (Fsp3) is 0. The van der Waals surface area contributed by atoms with Crippen LogP contribution in [0, 0.1) is 0 Å². The molecule has 0 saturated carbocycles. The number of benzene rings is 18. The van der Waals surface area contributed by atoms with Crippen molar-refractivity contribution in [3.05, 3.63) is 467 Å². The first kappa shape index (κ1) is 84.2. The van der Waals surface area contributed by atoms with Crippen LogP contribution in [0.2, 0.25) is 0 Å². The first-order valence-electron chi connectivity index (χ1n) is 47.0. The quantitative estimate of drug-likeness (QED) is 0.102. The molecular formula is C126H77N13S3. The zero-order chi connectivity index (χ0) is 93.9. The van der Waals surface area contributed by atoms with Crippen molar-refractivity contribution in [1.82, 2.24) is 64.4 Å². The second kappa shape index (κ2) is 36.3. The Morgan fingerprint density at radius 1 is 0.148 bits per heavy atom. The largest absolute Gasteiger partial charge is 0.309 e. The van der Waals surface area contributed by atoms with Gasteiger partial charge in [-0.2, -0.15) is 0 Å². The highest BCUT2D eigenvalue weighted by Gasteiger charge is 2.25. The highest BCUT2D eigenvalue weighted by molar-refractivity contribution is 7.27. The van der Waals surface area contributed by atoms with Gasteiger partial charge in [0.15, 0.2) is 34.9 Å². The Kier molecular flexibility index (Phi) is 21.5. The predicted octanol–water partition coefficient (Wildman–Crippen LogP) is 33.1. The van der Waals surface area contributed by atoms with Crippen LogP contribution in [0.4, 0.5) is 0 Å². The fourth-order valence-corrected chi connectivity index (χ4v) is 22.6. The van der Waals surface area contributed by atoms with E-state index in [-0.39, 0.29) is 0 Å². The van der Waals surface area contributed by atoms with Crippen LogP contribution < -0.4 is 0 Å². The zero-order valence-corrected chi connectivity index (χ0v) is 78.4. The van der Waals surface area contributed by atoms with Crippen LogP contribution >= 0.6 is 34.0 Å². The number of hydrogen-bond donors (Lipinski definition) is 0. The van der Waals surface area contributed by atoms with E-state index >= 15 is 0 Å². The number of hydrogen-bond acceptors (Lipinski definition) is 15. The predicted molar refractivity (Wildman–Crippen MR) is 589 cm³/mol. The van der Waals surface area contributed by atoms with Crippen LogP contribution in [0.1, 0.15) is 0 Å². The summed E-state index contributed by atoms with van der Waals surface area (Å²) in [6.07, 6.45) is 0. The standard InChI is InChI=1S/C48H29N5S.C42H26N4S.C36H22N4S/c1-3-13-30(14-4-1)44-46-45(38-19-9-12-22-42(38)54-46)52-48(51-44)32-25-23-31(24-26-32)47-49-39-20-10-7-18-37(39)43(50-47)33-27-28-36-35-17-8-11-21-40(35)53(41(36)29-33)34-15-5-2-6-16-34;1-3-11-27(12-4-1)28-19-23-31(24-20-28)41-43-35-17-9-7-15-33(35)37(44-41)30-21-25-32(26-22-30)42-45-38(29-13-5-2-6-14-29)40-39(46-42)34-16-8-10-18-36(34)47-40;1-3-11-23(12-4-1)32-34-33(28-16-8-10-18-30(28)41-34)40-36(39-32)26-21-19-24(20-22-26)31-27-15-7-9-17-29(27)37-35(38-31)25-13-5-2-6-14-25/h1-29H;1-26H;1-22H. The van der Waals surface area contributed by atoms with E-state index in [0.717, 1.165) is 197 Å². The number of nitrogens with zero attached hydrogens (tertiary/aromatic N) is 13. The van der Waals surface area contributed by atoms with Gasteiger partial charge < -0.3 is 4.57 Å². The third kappa shape index (κ3) is 15.7. The molecule has 0 aliphatic heterocycles. The molecule has 28 rings (SSSR count). The molecule has 10 heterocycles. The van der Waals surface area contributed by atoms with Gasteiger partial charge >= 0.3 is 0 Å². The lowest BCUT2D eigenvalue weighted by Crippen LogP contribution is -1.97. The molecule has 0 unspecified atom stereocenters. The topological polar surface area (TPSA) is 160 Å². The van der Waals surface area contributed by atoms with Crippen LogP contribution in [0.15, 0.2) is 467 Å². The van der Waals surface area contributed by atoms with E-state index in [2.05, 4.69) is 381 Å². The zero-order valence-electron chi connectivity index (χ0n) is 76.0.